The van der Waals surface area contributed by atoms with Crippen molar-refractivity contribution in [3.63, 3.8) is 0 Å². The Bertz CT molecular complexity index is 5380. The molecule has 17 rings (SSSR count). The van der Waals surface area contributed by atoms with Crippen LogP contribution in [0.15, 0.2) is 90.3 Å². The number of nitrogens with zero attached hydrogens (tertiary/aromatic N) is 15. The predicted octanol–water partition coefficient (Wildman–Crippen LogP) is 2.87. The van der Waals surface area contributed by atoms with Gasteiger partial charge in [-0.2, -0.15) is 25.6 Å². The van der Waals surface area contributed by atoms with Gasteiger partial charge in [0, 0.05) is 111 Å². The van der Waals surface area contributed by atoms with Gasteiger partial charge in [-0.05, 0) is 201 Å². The molecule has 6 aliphatic heterocycles. The molecule has 2 N–H and O–H groups in total. The summed E-state index contributed by atoms with van der Waals surface area (Å²) in [5.74, 6) is 0.807. The number of hydrogen-bond donors (Lipinski definition) is 2. The molecule has 6 amide bonds. The smallest absolute Gasteiger partial charge is 0.410 e. The lowest BCUT2D eigenvalue weighted by Gasteiger charge is -2.34. The number of ether oxygens (including phenoxy) is 4. The van der Waals surface area contributed by atoms with Gasteiger partial charge >= 0.3 is 23.8 Å². The first-order valence-corrected chi connectivity index (χ1v) is 55.7. The number of carbonyl (C=O) groups excluding carboxylic acids is 6. The number of likely N-dealkylation sites (tertiary alicyclic amines) is 2. The lowest BCUT2D eigenvalue weighted by Crippen LogP contribution is -2.54. The van der Waals surface area contributed by atoms with Gasteiger partial charge in [-0.3, -0.25) is 29.0 Å². The van der Waals surface area contributed by atoms with Crippen molar-refractivity contribution in [1.29, 1.82) is 0 Å². The van der Waals surface area contributed by atoms with Crippen LogP contribution in [-0.2, 0) is 105 Å². The summed E-state index contributed by atoms with van der Waals surface area (Å²) in [5.41, 5.74) is -0.493. The summed E-state index contributed by atoms with van der Waals surface area (Å²) in [5, 5.41) is 5.28. The van der Waals surface area contributed by atoms with Crippen LogP contribution in [0.4, 0.5) is 21.2 Å². The Morgan fingerprint density at radius 3 is 1.08 bits per heavy atom. The van der Waals surface area contributed by atoms with E-state index in [4.69, 9.17) is 38.0 Å². The summed E-state index contributed by atoms with van der Waals surface area (Å²) in [6.45, 7) is 9.45. The zero-order valence-electron chi connectivity index (χ0n) is 76.5. The normalized spacial score (nSPS) is 22.4. The van der Waals surface area contributed by atoms with Crippen molar-refractivity contribution >= 4 is 129 Å². The Labute approximate surface area is 787 Å². The minimum atomic E-state index is -3.82. The fourth-order valence-electron chi connectivity index (χ4n) is 16.7. The van der Waals surface area contributed by atoms with Crippen molar-refractivity contribution in [3.8, 4) is 11.8 Å². The van der Waals surface area contributed by atoms with Crippen LogP contribution in [0.1, 0.15) is 135 Å². The zero-order valence-corrected chi connectivity index (χ0v) is 82.9. The Kier molecular flexibility index (Phi) is 33.0. The van der Waals surface area contributed by atoms with Crippen LogP contribution >= 0.6 is 10.7 Å². The fraction of sp³-hybridized carbons (Fsp3) is 0.690. The minimum absolute atomic E-state index is 0.0359. The number of piperidine rings is 2. The number of nitrogens with one attached hydrogen (secondary N) is 2. The Morgan fingerprint density at radius 1 is 0.436 bits per heavy atom. The van der Waals surface area contributed by atoms with Gasteiger partial charge in [0.05, 0.1) is 103 Å². The van der Waals surface area contributed by atoms with Crippen LogP contribution in [0, 0.1) is 11.8 Å². The Morgan fingerprint density at radius 2 is 0.782 bits per heavy atom. The average molecular weight is 2020 g/mol. The standard InChI is InChI=1S/2C25H38N6O6S.C14H18N2O3S.C10H11ClO4S2.C10H19N3O3S.O2S/c2*1-24(6-7-24)37-23(33)29-10-4-19(5-11-29)17-36-21-15-26-20(14-27-21)31-13-12-30(16-22(31)32)38(34,35)18-25(8-9-25)28(2)3;17-13-10-16(9-8-15-13)20(18,19)11-14(6-7-14)12-4-2-1-3-5-12;11-16(12,13)8-10(6-7-10)17(14,15)9-4-2-1-3-5-9;1-12(2)10(3-4-10)8-17(15,16)13-6-5-11-9(14)7-13;1-3-2/h2*14-15,19H,4-13,16-18H2,1-3H3;1-5H,6-11H2,(H,15,17);1-5H,6-8H2;3-8H2,1-2H3,(H,11,14);. The van der Waals surface area contributed by atoms with Crippen LogP contribution in [0.3, 0.4) is 0 Å². The number of piperazine rings is 4. The highest BCUT2D eigenvalue weighted by Gasteiger charge is 2.58. The molecule has 6 saturated heterocycles. The third-order valence-electron chi connectivity index (χ3n) is 27.2. The van der Waals surface area contributed by atoms with Crippen LogP contribution in [0.5, 0.6) is 11.8 Å². The van der Waals surface area contributed by atoms with Gasteiger partial charge < -0.3 is 54.1 Å². The topological polar surface area (TPSA) is 490 Å². The monoisotopic (exact) mass is 2010 g/mol. The van der Waals surface area contributed by atoms with Crippen molar-refractivity contribution < 1.29 is 107 Å². The van der Waals surface area contributed by atoms with Gasteiger partial charge in [0.2, 0.25) is 84.5 Å². The number of benzene rings is 2. The van der Waals surface area contributed by atoms with Crippen LogP contribution < -0.4 is 29.9 Å². The minimum Gasteiger partial charge on any atom is -0.476 e. The number of anilines is 2. The molecule has 7 saturated carbocycles. The van der Waals surface area contributed by atoms with Gasteiger partial charge in [0.1, 0.15) is 11.2 Å². The largest absolute Gasteiger partial charge is 0.476 e. The first-order valence-electron chi connectivity index (χ1n) is 44.7. The molecule has 4 aromatic rings. The molecule has 13 aliphatic rings. The summed E-state index contributed by atoms with van der Waals surface area (Å²) < 4.78 is 191. The quantitative estimate of drug-likeness (QED) is 0.0709. The second kappa shape index (κ2) is 42.2. The number of sulfonamides is 4. The molecular formula is C84H124ClN17O24S7. The van der Waals surface area contributed by atoms with Crippen molar-refractivity contribution in [3.05, 3.63) is 91.0 Å². The van der Waals surface area contributed by atoms with E-state index in [0.29, 0.717) is 114 Å². The van der Waals surface area contributed by atoms with Crippen LogP contribution in [0.25, 0.3) is 0 Å². The summed E-state index contributed by atoms with van der Waals surface area (Å²) in [6.07, 6.45) is 20.3. The van der Waals surface area contributed by atoms with Crippen LogP contribution in [-0.4, -0.2) is 378 Å². The molecule has 2 aromatic heterocycles. The van der Waals surface area contributed by atoms with Crippen molar-refractivity contribution in [2.24, 2.45) is 11.8 Å². The molecule has 13 fully saturated rings. The molecule has 8 heterocycles. The first kappa shape index (κ1) is 104. The van der Waals surface area contributed by atoms with Crippen LogP contribution in [0.2, 0.25) is 0 Å². The third-order valence-corrected chi connectivity index (χ3v) is 39.2. The third kappa shape index (κ3) is 27.8. The van der Waals surface area contributed by atoms with Gasteiger partial charge in [-0.15, -0.1) is 0 Å². The maximum atomic E-state index is 12.9. The summed E-state index contributed by atoms with van der Waals surface area (Å²) in [4.78, 5) is 103. The van der Waals surface area contributed by atoms with Gasteiger partial charge in [-0.25, -0.2) is 80.0 Å². The molecule has 738 valence electrons. The molecule has 41 nitrogen and oxygen atoms in total. The number of carbonyl (C=O) groups is 6. The van der Waals surface area contributed by atoms with E-state index < -0.39 is 81.1 Å². The highest BCUT2D eigenvalue weighted by atomic mass is 35.7. The molecule has 0 unspecified atom stereocenters. The zero-order chi connectivity index (χ0) is 96.6. The van der Waals surface area contributed by atoms with E-state index in [2.05, 4.69) is 30.6 Å². The number of halogens is 1. The predicted molar refractivity (Wildman–Crippen MR) is 493 cm³/mol. The number of rotatable bonds is 30. The van der Waals surface area contributed by atoms with E-state index in [0.717, 1.165) is 108 Å². The van der Waals surface area contributed by atoms with Crippen molar-refractivity contribution in [2.75, 3.05) is 199 Å². The molecular weight excluding hydrogens is 1890 g/mol. The second-order valence-corrected chi connectivity index (χ2v) is 51.1. The second-order valence-electron chi connectivity index (χ2n) is 37.9. The van der Waals surface area contributed by atoms with Crippen molar-refractivity contribution in [1.82, 2.24) is 72.3 Å². The number of hydrogen-bond acceptors (Lipinski definition) is 31. The number of sulfone groups is 1. The lowest BCUT2D eigenvalue weighted by molar-refractivity contribution is -0.123. The van der Waals surface area contributed by atoms with E-state index in [9.17, 15) is 79.3 Å². The average Bonchev–Trinajstić information content (AvgIpc) is 1.57. The van der Waals surface area contributed by atoms with Gasteiger partial charge in [0.15, 0.2) is 21.5 Å². The fourth-order valence-corrected chi connectivity index (χ4v) is 29.4. The maximum absolute atomic E-state index is 12.9. The molecule has 0 spiro atoms. The molecule has 7 aliphatic carbocycles. The molecule has 0 radical (unpaired) electrons. The highest BCUT2D eigenvalue weighted by molar-refractivity contribution is 8.14. The highest BCUT2D eigenvalue weighted by Crippen LogP contribution is 2.51. The number of amides is 6. The molecule has 0 atom stereocenters. The van der Waals surface area contributed by atoms with E-state index in [1.807, 2.05) is 101 Å². The Balaban J connectivity index is 0.000000156. The lowest BCUT2D eigenvalue weighted by atomic mass is 9.98. The molecule has 2 aromatic carbocycles. The molecule has 133 heavy (non-hydrogen) atoms. The molecule has 49 heteroatoms. The summed E-state index contributed by atoms with van der Waals surface area (Å²) in [6, 6.07) is 17.7. The maximum Gasteiger partial charge on any atom is 0.410 e. The summed E-state index contributed by atoms with van der Waals surface area (Å²) in [7, 11) is -4.67. The molecule has 0 bridgehead atoms. The first-order chi connectivity index (χ1) is 62.5. The van der Waals surface area contributed by atoms with E-state index in [1.54, 1.807) is 28.0 Å². The van der Waals surface area contributed by atoms with E-state index in [1.165, 1.54) is 63.9 Å². The van der Waals surface area contributed by atoms with Gasteiger partial charge in [0.25, 0.3) is 0 Å². The van der Waals surface area contributed by atoms with E-state index >= 15 is 0 Å². The SMILES string of the molecule is CN(C)C1(CS(=O)(=O)N2CCN(c3cnc(OCC4CCN(C(=O)OC5(C)CC5)CC4)cn3)C(=O)C2)CC1.CN(C)C1(CS(=O)(=O)N2CCN(c3cnc(OCC4CCN(C(=O)OC5(C)CC5)CC4)cn3)C(=O)C2)CC1.CN(C)C1(CS(=O)(=O)N2CCNC(=O)C2)CC1.O=C1CN(S(=O)(=O)CC2(c3ccccc3)CC2)CCN1.O=S(=O)(Cl)CC1(S(=O)(=O)c2ccccc2)CC1.O=S=O. The number of aromatic nitrogens is 4. The Hall–Kier alpha value is -7.85. The summed E-state index contributed by atoms with van der Waals surface area (Å²) >= 11 is -0.750. The van der Waals surface area contributed by atoms with Crippen molar-refractivity contribution in [2.45, 2.75) is 172 Å². The van der Waals surface area contributed by atoms with Gasteiger partial charge in [-0.1, -0.05) is 48.5 Å². The van der Waals surface area contributed by atoms with E-state index in [-0.39, 0.29) is 149 Å².